The summed E-state index contributed by atoms with van der Waals surface area (Å²) in [5, 5.41) is 0. The van der Waals surface area contributed by atoms with E-state index in [0.29, 0.717) is 25.9 Å². The fraction of sp³-hybridized carbons (Fsp3) is 0.917. The third kappa shape index (κ3) is 7.32. The average molecular weight is 322 g/mol. The van der Waals surface area contributed by atoms with Crippen molar-refractivity contribution in [3.05, 3.63) is 0 Å². The van der Waals surface area contributed by atoms with E-state index in [0.717, 1.165) is 26.1 Å². The fourth-order valence-electron chi connectivity index (χ4n) is 1.70. The number of nitrogens with zero attached hydrogens (tertiary/aromatic N) is 2. The van der Waals surface area contributed by atoms with Crippen LogP contribution in [0.4, 0.5) is 0 Å². The molecule has 0 fully saturated rings. The molecule has 0 aromatic carbocycles. The summed E-state index contributed by atoms with van der Waals surface area (Å²) in [5.41, 5.74) is 0. The molecule has 0 atom stereocenters. The van der Waals surface area contributed by atoms with Crippen molar-refractivity contribution in [2.45, 2.75) is 33.2 Å². The lowest BCUT2D eigenvalue weighted by Crippen LogP contribution is -2.46. The molecule has 0 aliphatic carbocycles. The van der Waals surface area contributed by atoms with Crippen molar-refractivity contribution in [3.8, 4) is 0 Å². The fourth-order valence-corrected chi connectivity index (χ4v) is 3.51. The molecule has 0 N–H and O–H groups in total. The summed E-state index contributed by atoms with van der Waals surface area (Å²) in [6.07, 6.45) is 2.66. The number of aliphatic imine (C=N–C) groups is 1. The Labute approximate surface area is 127 Å². The van der Waals surface area contributed by atoms with Crippen LogP contribution in [0.15, 0.2) is 4.99 Å². The standard InChI is InChI=1S/C12H26N2O6Si/c1-4-15-18-21(19-16-5-2,20-17-6-3)11-7-9-14-10-8-13-12-14/h12H,4-11H2,1-3H3. The van der Waals surface area contributed by atoms with Gasteiger partial charge in [0.25, 0.3) is 0 Å². The summed E-state index contributed by atoms with van der Waals surface area (Å²) in [7, 11) is -3.17. The van der Waals surface area contributed by atoms with Crippen LogP contribution in [0.3, 0.4) is 0 Å². The van der Waals surface area contributed by atoms with Gasteiger partial charge in [0.2, 0.25) is 0 Å². The van der Waals surface area contributed by atoms with Crippen molar-refractivity contribution in [3.63, 3.8) is 0 Å². The SMILES string of the molecule is CCOO[Si](CCCN1C=NCC1)(OOCC)OOCC. The monoisotopic (exact) mass is 322 g/mol. The van der Waals surface area contributed by atoms with Gasteiger partial charge in [-0.15, -0.1) is 0 Å². The van der Waals surface area contributed by atoms with Crippen molar-refractivity contribution >= 4 is 15.1 Å². The van der Waals surface area contributed by atoms with Gasteiger partial charge in [-0.1, -0.05) is 0 Å². The van der Waals surface area contributed by atoms with Gasteiger partial charge in [0.1, 0.15) is 0 Å². The third-order valence-corrected chi connectivity index (χ3v) is 4.68. The molecule has 0 radical (unpaired) electrons. The van der Waals surface area contributed by atoms with Crippen LogP contribution < -0.4 is 0 Å². The van der Waals surface area contributed by atoms with E-state index in [-0.39, 0.29) is 0 Å². The van der Waals surface area contributed by atoms with E-state index >= 15 is 0 Å². The number of hydrogen-bond donors (Lipinski definition) is 0. The topological polar surface area (TPSA) is 71.0 Å². The summed E-state index contributed by atoms with van der Waals surface area (Å²) in [6.45, 7) is 9.26. The zero-order valence-corrected chi connectivity index (χ0v) is 14.1. The maximum atomic E-state index is 5.34. The molecule has 1 rings (SSSR count). The van der Waals surface area contributed by atoms with Gasteiger partial charge in [0, 0.05) is 19.1 Å². The van der Waals surface area contributed by atoms with Gasteiger partial charge in [-0.3, -0.25) is 4.99 Å². The highest BCUT2D eigenvalue weighted by Crippen LogP contribution is 2.20. The van der Waals surface area contributed by atoms with Crippen LogP contribution in [0.5, 0.6) is 0 Å². The van der Waals surface area contributed by atoms with Gasteiger partial charge < -0.3 is 4.90 Å². The molecule has 0 aromatic heterocycles. The van der Waals surface area contributed by atoms with Crippen LogP contribution in [0.25, 0.3) is 0 Å². The van der Waals surface area contributed by atoms with Gasteiger partial charge in [0.05, 0.1) is 32.7 Å². The first-order valence-electron chi connectivity index (χ1n) is 7.42. The molecule has 124 valence electrons. The molecule has 8 nitrogen and oxygen atoms in total. The minimum Gasteiger partial charge on any atom is -0.361 e. The van der Waals surface area contributed by atoms with Gasteiger partial charge in [0.15, 0.2) is 0 Å². The highest BCUT2D eigenvalue weighted by Gasteiger charge is 2.46. The van der Waals surface area contributed by atoms with E-state index in [2.05, 4.69) is 9.89 Å². The largest absolute Gasteiger partial charge is 0.584 e. The highest BCUT2D eigenvalue weighted by atomic mass is 28.4. The Morgan fingerprint density at radius 1 is 1.00 bits per heavy atom. The Kier molecular flexibility index (Phi) is 9.75. The summed E-state index contributed by atoms with van der Waals surface area (Å²) in [4.78, 5) is 21.4. The molecular weight excluding hydrogens is 296 g/mol. The first-order valence-corrected chi connectivity index (χ1v) is 9.35. The molecular formula is C12H26N2O6Si. The van der Waals surface area contributed by atoms with Crippen LogP contribution in [0, 0.1) is 0 Å². The lowest BCUT2D eigenvalue weighted by Gasteiger charge is -2.25. The molecule has 0 aromatic rings. The molecule has 1 heterocycles. The van der Waals surface area contributed by atoms with E-state index in [1.165, 1.54) is 0 Å². The molecule has 9 heteroatoms. The molecule has 1 aliphatic heterocycles. The van der Waals surface area contributed by atoms with Gasteiger partial charge in [-0.05, 0) is 27.2 Å². The molecule has 0 bridgehead atoms. The average Bonchev–Trinajstić information content (AvgIpc) is 3.01. The molecule has 0 unspecified atom stereocenters. The maximum Gasteiger partial charge on any atom is 0.584 e. The second kappa shape index (κ2) is 11.1. The summed E-state index contributed by atoms with van der Waals surface area (Å²) in [6, 6.07) is 0.525. The molecule has 1 aliphatic rings. The lowest BCUT2D eigenvalue weighted by molar-refractivity contribution is -0.360. The van der Waals surface area contributed by atoms with Crippen molar-refractivity contribution in [2.75, 3.05) is 39.5 Å². The minimum atomic E-state index is -3.17. The Balaban J connectivity index is 2.49. The van der Waals surface area contributed by atoms with Crippen molar-refractivity contribution < 1.29 is 28.4 Å². The number of hydrogen-bond acceptors (Lipinski definition) is 8. The van der Waals surface area contributed by atoms with Crippen molar-refractivity contribution in [1.82, 2.24) is 4.90 Å². The van der Waals surface area contributed by atoms with Crippen LogP contribution in [-0.2, 0) is 28.4 Å². The predicted molar refractivity (Wildman–Crippen MR) is 78.2 cm³/mol. The van der Waals surface area contributed by atoms with E-state index in [9.17, 15) is 0 Å². The second-order valence-electron chi connectivity index (χ2n) is 4.31. The molecule has 21 heavy (non-hydrogen) atoms. The third-order valence-electron chi connectivity index (χ3n) is 2.60. The first-order chi connectivity index (χ1) is 10.3. The van der Waals surface area contributed by atoms with E-state index in [1.807, 2.05) is 27.1 Å². The first kappa shape index (κ1) is 18.5. The van der Waals surface area contributed by atoms with Crippen LogP contribution in [-0.4, -0.2) is 59.5 Å². The van der Waals surface area contributed by atoms with Crippen molar-refractivity contribution in [2.24, 2.45) is 4.99 Å². The number of rotatable bonds is 13. The minimum absolute atomic E-state index is 0.387. The van der Waals surface area contributed by atoms with Gasteiger partial charge in [-0.2, -0.15) is 0 Å². The summed E-state index contributed by atoms with van der Waals surface area (Å²) >= 11 is 0. The lowest BCUT2D eigenvalue weighted by atomic mass is 10.4. The van der Waals surface area contributed by atoms with Crippen LogP contribution in [0.2, 0.25) is 6.04 Å². The summed E-state index contributed by atoms with van der Waals surface area (Å²) < 4.78 is 16.0. The van der Waals surface area contributed by atoms with Crippen LogP contribution in [0.1, 0.15) is 27.2 Å². The Hall–Kier alpha value is -0.553. The van der Waals surface area contributed by atoms with Crippen LogP contribution >= 0.6 is 0 Å². The second-order valence-corrected chi connectivity index (χ2v) is 6.68. The quantitative estimate of drug-likeness (QED) is 0.289. The molecule has 0 amide bonds. The Bertz CT molecular complexity index is 273. The van der Waals surface area contributed by atoms with Gasteiger partial charge in [-0.25, -0.2) is 28.4 Å². The summed E-state index contributed by atoms with van der Waals surface area (Å²) in [5.74, 6) is 0. The van der Waals surface area contributed by atoms with E-state index < -0.39 is 8.80 Å². The Morgan fingerprint density at radius 3 is 2.00 bits per heavy atom. The smallest absolute Gasteiger partial charge is 0.361 e. The van der Waals surface area contributed by atoms with Gasteiger partial charge >= 0.3 is 8.80 Å². The predicted octanol–water partition coefficient (Wildman–Crippen LogP) is 1.56. The van der Waals surface area contributed by atoms with E-state index in [1.54, 1.807) is 0 Å². The van der Waals surface area contributed by atoms with Crippen molar-refractivity contribution in [1.29, 1.82) is 0 Å². The maximum absolute atomic E-state index is 5.34. The zero-order chi connectivity index (χ0) is 15.4. The Morgan fingerprint density at radius 2 is 1.57 bits per heavy atom. The highest BCUT2D eigenvalue weighted by molar-refractivity contribution is 6.59. The molecule has 0 saturated heterocycles. The zero-order valence-electron chi connectivity index (χ0n) is 13.1. The molecule has 0 spiro atoms. The van der Waals surface area contributed by atoms with E-state index in [4.69, 9.17) is 28.4 Å². The normalized spacial score (nSPS) is 15.1. The molecule has 0 saturated carbocycles.